The summed E-state index contributed by atoms with van der Waals surface area (Å²) in [6.07, 6.45) is 4.82. The number of fused-ring (bicyclic) bond motifs is 1. The monoisotopic (exact) mass is 421 g/mol. The third-order valence-corrected chi connectivity index (χ3v) is 5.94. The number of hydrogen-bond donors (Lipinski definition) is 0. The van der Waals surface area contributed by atoms with Gasteiger partial charge >= 0.3 is 5.97 Å². The summed E-state index contributed by atoms with van der Waals surface area (Å²) in [6.45, 7) is 0.891. The summed E-state index contributed by atoms with van der Waals surface area (Å²) in [6, 6.07) is 11.8. The summed E-state index contributed by atoms with van der Waals surface area (Å²) in [5.41, 5.74) is 2.77. The zero-order valence-corrected chi connectivity index (χ0v) is 18.1. The van der Waals surface area contributed by atoms with E-state index in [1.807, 2.05) is 49.0 Å². The molecule has 0 saturated carbocycles. The number of rotatable bonds is 4. The minimum absolute atomic E-state index is 0.147. The Labute approximate surface area is 181 Å². The van der Waals surface area contributed by atoms with E-state index in [-0.39, 0.29) is 23.8 Å². The third-order valence-electron chi connectivity index (χ3n) is 5.94. The third kappa shape index (κ3) is 4.29. The second-order valence-corrected chi connectivity index (χ2v) is 8.14. The highest BCUT2D eigenvalue weighted by atomic mass is 16.5. The summed E-state index contributed by atoms with van der Waals surface area (Å²) >= 11 is 0. The normalized spacial score (nSPS) is 19.4. The number of nitrogens with zero attached hydrogens (tertiary/aromatic N) is 5. The molecule has 2 atom stereocenters. The van der Waals surface area contributed by atoms with Crippen molar-refractivity contribution in [3.63, 3.8) is 0 Å². The zero-order valence-electron chi connectivity index (χ0n) is 18.1. The molecule has 3 aromatic rings. The molecule has 1 aliphatic heterocycles. The molecule has 1 aromatic carbocycles. The maximum absolute atomic E-state index is 13.4. The van der Waals surface area contributed by atoms with Crippen LogP contribution in [0.4, 0.5) is 0 Å². The molecule has 0 N–H and O–H groups in total. The first-order valence-corrected chi connectivity index (χ1v) is 10.4. The number of likely N-dealkylation sites (N-methyl/N-ethyl adjacent to an activating group) is 1. The summed E-state index contributed by atoms with van der Waals surface area (Å²) < 4.78 is 6.86. The fraction of sp³-hybridized carbons (Fsp3) is 0.391. The number of pyridine rings is 1. The maximum Gasteiger partial charge on any atom is 0.310 e. The van der Waals surface area contributed by atoms with Crippen molar-refractivity contribution in [2.24, 2.45) is 5.92 Å². The molecule has 2 aromatic heterocycles. The molecule has 0 radical (unpaired) electrons. The highest BCUT2D eigenvalue weighted by Gasteiger charge is 2.32. The van der Waals surface area contributed by atoms with Gasteiger partial charge in [-0.05, 0) is 45.1 Å². The Hall–Kier alpha value is -3.26. The van der Waals surface area contributed by atoms with Crippen molar-refractivity contribution in [2.45, 2.75) is 18.9 Å². The number of ether oxygens (including phenoxy) is 1. The number of imidazole rings is 1. The SMILES string of the molecule is COC(=O)[C@H]1CC[C@@H](N(C)C)CN(C(=O)c2cnc3c(c2)ncn3-c2ccccc2)C1. The van der Waals surface area contributed by atoms with Crippen LogP contribution in [0.1, 0.15) is 23.2 Å². The van der Waals surface area contributed by atoms with Crippen LogP contribution in [0, 0.1) is 5.92 Å². The summed E-state index contributed by atoms with van der Waals surface area (Å²) in [4.78, 5) is 38.4. The van der Waals surface area contributed by atoms with E-state index in [1.54, 1.807) is 23.5 Å². The van der Waals surface area contributed by atoms with Gasteiger partial charge in [0.15, 0.2) is 5.65 Å². The molecule has 3 heterocycles. The molecular weight excluding hydrogens is 394 g/mol. The van der Waals surface area contributed by atoms with E-state index < -0.39 is 0 Å². The molecule has 0 aliphatic carbocycles. The van der Waals surface area contributed by atoms with Crippen LogP contribution < -0.4 is 0 Å². The predicted octanol–water partition coefficient (Wildman–Crippen LogP) is 2.38. The number of methoxy groups -OCH3 is 1. The molecule has 1 fully saturated rings. The molecule has 8 nitrogen and oxygen atoms in total. The molecule has 0 spiro atoms. The van der Waals surface area contributed by atoms with Gasteiger partial charge in [-0.2, -0.15) is 0 Å². The van der Waals surface area contributed by atoms with Gasteiger partial charge in [0.1, 0.15) is 11.8 Å². The summed E-state index contributed by atoms with van der Waals surface area (Å²) in [7, 11) is 5.38. The number of esters is 1. The van der Waals surface area contributed by atoms with E-state index in [2.05, 4.69) is 14.9 Å². The molecule has 0 bridgehead atoms. The van der Waals surface area contributed by atoms with E-state index in [0.717, 1.165) is 12.1 Å². The molecule has 8 heteroatoms. The summed E-state index contributed by atoms with van der Waals surface area (Å²) in [5, 5.41) is 0. The Kier molecular flexibility index (Phi) is 5.99. The maximum atomic E-state index is 13.4. The second kappa shape index (κ2) is 8.85. The second-order valence-electron chi connectivity index (χ2n) is 8.14. The van der Waals surface area contributed by atoms with Crippen molar-refractivity contribution in [3.05, 3.63) is 54.5 Å². The van der Waals surface area contributed by atoms with E-state index >= 15 is 0 Å². The van der Waals surface area contributed by atoms with Gasteiger partial charge in [0.05, 0.1) is 18.6 Å². The Morgan fingerprint density at radius 3 is 2.58 bits per heavy atom. The lowest BCUT2D eigenvalue weighted by Gasteiger charge is -2.29. The molecule has 31 heavy (non-hydrogen) atoms. The topological polar surface area (TPSA) is 80.6 Å². The van der Waals surface area contributed by atoms with Crippen LogP contribution in [-0.4, -0.2) is 76.5 Å². The lowest BCUT2D eigenvalue weighted by molar-refractivity contribution is -0.145. The minimum atomic E-state index is -0.326. The number of para-hydroxylation sites is 1. The largest absolute Gasteiger partial charge is 0.469 e. The first-order valence-electron chi connectivity index (χ1n) is 10.4. The number of carbonyl (C=O) groups is 2. The quantitative estimate of drug-likeness (QED) is 0.602. The standard InChI is InChI=1S/C23H27N5O3/c1-26(2)19-10-9-16(23(30)31-3)13-27(14-19)22(29)17-11-20-21(24-12-17)28(15-25-20)18-7-5-4-6-8-18/h4-8,11-12,15-16,19H,9-10,13-14H2,1-3H3/t16-,19+/m0/s1. The number of hydrogen-bond acceptors (Lipinski definition) is 6. The fourth-order valence-electron chi connectivity index (χ4n) is 4.10. The molecule has 4 rings (SSSR count). The Morgan fingerprint density at radius 1 is 1.10 bits per heavy atom. The predicted molar refractivity (Wildman–Crippen MR) is 117 cm³/mol. The van der Waals surface area contributed by atoms with Crippen molar-refractivity contribution < 1.29 is 14.3 Å². The smallest absolute Gasteiger partial charge is 0.310 e. The van der Waals surface area contributed by atoms with Crippen molar-refractivity contribution >= 4 is 23.0 Å². The van der Waals surface area contributed by atoms with Gasteiger partial charge < -0.3 is 14.5 Å². The average molecular weight is 422 g/mol. The van der Waals surface area contributed by atoms with Gasteiger partial charge in [-0.3, -0.25) is 14.2 Å². The number of benzene rings is 1. The zero-order chi connectivity index (χ0) is 22.0. The van der Waals surface area contributed by atoms with Gasteiger partial charge in [0, 0.05) is 31.0 Å². The molecule has 0 unspecified atom stereocenters. The Bertz CT molecular complexity index is 1080. The number of carbonyl (C=O) groups excluding carboxylic acids is 2. The van der Waals surface area contributed by atoms with Crippen LogP contribution >= 0.6 is 0 Å². The van der Waals surface area contributed by atoms with E-state index in [4.69, 9.17) is 4.74 Å². The van der Waals surface area contributed by atoms with E-state index in [1.165, 1.54) is 7.11 Å². The van der Waals surface area contributed by atoms with Crippen LogP contribution in [0.3, 0.4) is 0 Å². The molecule has 1 saturated heterocycles. The van der Waals surface area contributed by atoms with E-state index in [0.29, 0.717) is 36.2 Å². The molecular formula is C23H27N5O3. The minimum Gasteiger partial charge on any atom is -0.469 e. The fourth-order valence-corrected chi connectivity index (χ4v) is 4.10. The van der Waals surface area contributed by atoms with Crippen LogP contribution in [0.25, 0.3) is 16.9 Å². The van der Waals surface area contributed by atoms with Crippen molar-refractivity contribution in [3.8, 4) is 5.69 Å². The van der Waals surface area contributed by atoms with Crippen LogP contribution in [0.2, 0.25) is 0 Å². The molecule has 1 amide bonds. The number of amides is 1. The van der Waals surface area contributed by atoms with Crippen molar-refractivity contribution in [2.75, 3.05) is 34.3 Å². The lowest BCUT2D eigenvalue weighted by atomic mass is 10.0. The number of likely N-dealkylation sites (tertiary alicyclic amines) is 1. The van der Waals surface area contributed by atoms with Gasteiger partial charge in [0.25, 0.3) is 5.91 Å². The van der Waals surface area contributed by atoms with Crippen LogP contribution in [-0.2, 0) is 9.53 Å². The van der Waals surface area contributed by atoms with Gasteiger partial charge in [-0.15, -0.1) is 0 Å². The highest BCUT2D eigenvalue weighted by Crippen LogP contribution is 2.23. The first-order chi connectivity index (χ1) is 15.0. The van der Waals surface area contributed by atoms with Gasteiger partial charge in [0.2, 0.25) is 0 Å². The van der Waals surface area contributed by atoms with Crippen molar-refractivity contribution in [1.29, 1.82) is 0 Å². The van der Waals surface area contributed by atoms with Gasteiger partial charge in [-0.1, -0.05) is 18.2 Å². The van der Waals surface area contributed by atoms with Crippen LogP contribution in [0.15, 0.2) is 48.9 Å². The average Bonchev–Trinajstić information content (AvgIpc) is 3.08. The highest BCUT2D eigenvalue weighted by molar-refractivity contribution is 5.96. The number of aromatic nitrogens is 3. The van der Waals surface area contributed by atoms with Crippen molar-refractivity contribution in [1.82, 2.24) is 24.3 Å². The molecule has 162 valence electrons. The first kappa shape index (κ1) is 21.0. The Balaban J connectivity index is 1.63. The Morgan fingerprint density at radius 2 is 1.87 bits per heavy atom. The van der Waals surface area contributed by atoms with E-state index in [9.17, 15) is 9.59 Å². The summed E-state index contributed by atoms with van der Waals surface area (Å²) in [5.74, 6) is -0.744. The molecule has 1 aliphatic rings. The van der Waals surface area contributed by atoms with Gasteiger partial charge in [-0.25, -0.2) is 9.97 Å². The lowest BCUT2D eigenvalue weighted by Crippen LogP contribution is -2.43. The van der Waals surface area contributed by atoms with Crippen LogP contribution in [0.5, 0.6) is 0 Å².